The molecular formula is C40H49N5O3. The predicted molar refractivity (Wildman–Crippen MR) is 190 cm³/mol. The fraction of sp³-hybridized carbons (Fsp3) is 0.475. The van der Waals surface area contributed by atoms with Crippen molar-refractivity contribution < 1.29 is 14.3 Å². The largest absolute Gasteiger partial charge is 0.444 e. The van der Waals surface area contributed by atoms with E-state index in [0.29, 0.717) is 42.5 Å². The van der Waals surface area contributed by atoms with E-state index in [-0.39, 0.29) is 11.3 Å². The van der Waals surface area contributed by atoms with Gasteiger partial charge in [0.25, 0.3) is 5.91 Å². The molecule has 8 nitrogen and oxygen atoms in total. The summed E-state index contributed by atoms with van der Waals surface area (Å²) in [5.74, 6) is 1.14. The molecule has 2 amide bonds. The Hall–Kier alpha value is -4.17. The third kappa shape index (κ3) is 6.59. The minimum Gasteiger partial charge on any atom is -0.444 e. The number of carbonyl (C=O) groups excluding carboxylic acids is 2. The molecule has 3 aliphatic rings. The Labute approximate surface area is 284 Å². The Kier molecular flexibility index (Phi) is 8.79. The Morgan fingerprint density at radius 3 is 2.29 bits per heavy atom. The van der Waals surface area contributed by atoms with Crippen LogP contribution >= 0.6 is 0 Å². The van der Waals surface area contributed by atoms with Crippen molar-refractivity contribution in [3.63, 3.8) is 0 Å². The van der Waals surface area contributed by atoms with Crippen molar-refractivity contribution in [2.45, 2.75) is 102 Å². The van der Waals surface area contributed by atoms with Crippen molar-refractivity contribution >= 4 is 28.7 Å². The predicted octanol–water partition coefficient (Wildman–Crippen LogP) is 8.12. The van der Waals surface area contributed by atoms with Gasteiger partial charge < -0.3 is 14.2 Å². The molecule has 3 fully saturated rings. The molecule has 1 unspecified atom stereocenters. The van der Waals surface area contributed by atoms with Crippen LogP contribution in [-0.4, -0.2) is 68.7 Å². The van der Waals surface area contributed by atoms with Gasteiger partial charge in [-0.15, -0.1) is 0 Å². The van der Waals surface area contributed by atoms with E-state index >= 15 is 0 Å². The maximum Gasteiger partial charge on any atom is 0.412 e. The highest BCUT2D eigenvalue weighted by Gasteiger charge is 2.44. The molecule has 0 saturated carbocycles. The topological polar surface area (TPSA) is 79.7 Å². The number of para-hydroxylation sites is 2. The minimum atomic E-state index is -0.596. The zero-order chi connectivity index (χ0) is 33.5. The SMILES string of the molecule is Cc1nc2ccccc2n1C1C[C@H]2CC[C@@H](C1)N2CCC1(c2ccccc2)CCN(C(=O)c2cccc(NC(=O)OC(C)(C)C)c2)CC1. The van der Waals surface area contributed by atoms with Gasteiger partial charge in [0, 0.05) is 42.5 Å². The molecule has 0 radical (unpaired) electrons. The van der Waals surface area contributed by atoms with Gasteiger partial charge in [-0.1, -0.05) is 48.5 Å². The van der Waals surface area contributed by atoms with E-state index in [1.165, 1.54) is 36.8 Å². The molecule has 3 aromatic carbocycles. The zero-order valence-corrected chi connectivity index (χ0v) is 28.8. The molecule has 0 spiro atoms. The molecule has 3 atom stereocenters. The second kappa shape index (κ2) is 13.0. The van der Waals surface area contributed by atoms with Crippen LogP contribution < -0.4 is 5.32 Å². The fourth-order valence-corrected chi connectivity index (χ4v) is 8.74. The van der Waals surface area contributed by atoms with E-state index in [0.717, 1.165) is 37.1 Å². The molecule has 48 heavy (non-hydrogen) atoms. The number of fused-ring (bicyclic) bond motifs is 3. The van der Waals surface area contributed by atoms with Crippen molar-refractivity contribution in [3.8, 4) is 0 Å². The van der Waals surface area contributed by atoms with Gasteiger partial charge in [0.1, 0.15) is 11.4 Å². The van der Waals surface area contributed by atoms with E-state index in [1.54, 1.807) is 12.1 Å². The molecule has 0 aliphatic carbocycles. The maximum atomic E-state index is 13.7. The number of likely N-dealkylation sites (tertiary alicyclic amines) is 1. The lowest BCUT2D eigenvalue weighted by Gasteiger charge is -2.45. The maximum absolute atomic E-state index is 13.7. The highest BCUT2D eigenvalue weighted by atomic mass is 16.6. The van der Waals surface area contributed by atoms with E-state index in [2.05, 4.69) is 76.3 Å². The van der Waals surface area contributed by atoms with E-state index in [9.17, 15) is 9.59 Å². The molecule has 8 heteroatoms. The number of piperidine rings is 2. The van der Waals surface area contributed by atoms with Crippen molar-refractivity contribution in [1.82, 2.24) is 19.4 Å². The molecule has 1 aromatic heterocycles. The molecular weight excluding hydrogens is 598 g/mol. The van der Waals surface area contributed by atoms with Crippen LogP contribution in [0.15, 0.2) is 78.9 Å². The molecule has 1 N–H and O–H groups in total. The smallest absolute Gasteiger partial charge is 0.412 e. The number of aromatic nitrogens is 2. The van der Waals surface area contributed by atoms with Crippen molar-refractivity contribution in [2.24, 2.45) is 0 Å². The monoisotopic (exact) mass is 647 g/mol. The number of imidazole rings is 1. The number of nitrogens with one attached hydrogen (secondary N) is 1. The number of carbonyl (C=O) groups is 2. The van der Waals surface area contributed by atoms with Crippen LogP contribution in [0.4, 0.5) is 10.5 Å². The summed E-state index contributed by atoms with van der Waals surface area (Å²) in [4.78, 5) is 35.7. The lowest BCUT2D eigenvalue weighted by molar-refractivity contribution is 0.0602. The van der Waals surface area contributed by atoms with Crippen LogP contribution in [0, 0.1) is 6.92 Å². The molecule has 2 bridgehead atoms. The Morgan fingerprint density at radius 1 is 0.896 bits per heavy atom. The first-order valence-electron chi connectivity index (χ1n) is 17.7. The van der Waals surface area contributed by atoms with Gasteiger partial charge in [0.15, 0.2) is 0 Å². The number of hydrogen-bond donors (Lipinski definition) is 1. The number of ether oxygens (including phenoxy) is 1. The van der Waals surface area contributed by atoms with Gasteiger partial charge in [-0.3, -0.25) is 15.0 Å². The summed E-state index contributed by atoms with van der Waals surface area (Å²) in [6.45, 7) is 10.2. The van der Waals surface area contributed by atoms with Crippen LogP contribution in [-0.2, 0) is 10.2 Å². The van der Waals surface area contributed by atoms with Crippen LogP contribution in [0.1, 0.15) is 93.5 Å². The molecule has 3 saturated heterocycles. The lowest BCUT2D eigenvalue weighted by Crippen LogP contribution is -2.49. The summed E-state index contributed by atoms with van der Waals surface area (Å²) in [6, 6.07) is 28.4. The number of rotatable bonds is 7. The number of anilines is 1. The summed E-state index contributed by atoms with van der Waals surface area (Å²) in [5.41, 5.74) is 4.33. The van der Waals surface area contributed by atoms with E-state index in [4.69, 9.17) is 9.72 Å². The van der Waals surface area contributed by atoms with Gasteiger partial charge in [0.2, 0.25) is 0 Å². The van der Waals surface area contributed by atoms with Crippen molar-refractivity contribution in [3.05, 3.63) is 95.8 Å². The van der Waals surface area contributed by atoms with Gasteiger partial charge in [-0.05, 0) is 120 Å². The number of aryl methyl sites for hydroxylation is 1. The second-order valence-corrected chi connectivity index (χ2v) is 15.2. The Balaban J connectivity index is 1.02. The fourth-order valence-electron chi connectivity index (χ4n) is 8.74. The zero-order valence-electron chi connectivity index (χ0n) is 28.8. The number of hydrogen-bond acceptors (Lipinski definition) is 5. The molecule has 4 heterocycles. The number of amides is 2. The third-order valence-corrected chi connectivity index (χ3v) is 11.0. The van der Waals surface area contributed by atoms with Crippen molar-refractivity contribution in [2.75, 3.05) is 25.0 Å². The first-order valence-corrected chi connectivity index (χ1v) is 17.7. The highest BCUT2D eigenvalue weighted by molar-refractivity contribution is 5.96. The normalized spacial score (nSPS) is 22.5. The van der Waals surface area contributed by atoms with Crippen LogP contribution in [0.5, 0.6) is 0 Å². The molecule has 4 aromatic rings. The minimum absolute atomic E-state index is 0.00642. The standard InChI is InChI=1S/C40H49N5O3/c1-28-41-35-15-8-9-16-36(35)45(28)34-26-32-17-18-33(27-34)44(32)24-21-40(30-12-6-5-7-13-30)19-22-43(23-20-40)37(46)29-11-10-14-31(25-29)42-38(47)48-39(2,3)4/h5-16,25,32-34H,17-24,26-27H2,1-4H3,(H,42,47)/t32-,33+,34?. The van der Waals surface area contributed by atoms with Crippen LogP contribution in [0.2, 0.25) is 0 Å². The number of benzene rings is 3. The summed E-state index contributed by atoms with van der Waals surface area (Å²) in [7, 11) is 0. The Bertz CT molecular complexity index is 1750. The van der Waals surface area contributed by atoms with Gasteiger partial charge >= 0.3 is 6.09 Å². The average Bonchev–Trinajstić information content (AvgIpc) is 3.53. The summed E-state index contributed by atoms with van der Waals surface area (Å²) >= 11 is 0. The molecule has 3 aliphatic heterocycles. The third-order valence-electron chi connectivity index (χ3n) is 11.0. The number of nitrogens with zero attached hydrogens (tertiary/aromatic N) is 4. The summed E-state index contributed by atoms with van der Waals surface area (Å²) in [5, 5.41) is 2.77. The average molecular weight is 648 g/mol. The summed E-state index contributed by atoms with van der Waals surface area (Å²) in [6.07, 6.45) is 7.35. The van der Waals surface area contributed by atoms with Crippen LogP contribution in [0.25, 0.3) is 11.0 Å². The molecule has 252 valence electrons. The van der Waals surface area contributed by atoms with E-state index < -0.39 is 11.7 Å². The summed E-state index contributed by atoms with van der Waals surface area (Å²) < 4.78 is 7.91. The van der Waals surface area contributed by atoms with Gasteiger partial charge in [-0.25, -0.2) is 9.78 Å². The van der Waals surface area contributed by atoms with Crippen LogP contribution in [0.3, 0.4) is 0 Å². The quantitative estimate of drug-likeness (QED) is 0.219. The van der Waals surface area contributed by atoms with E-state index in [1.807, 2.05) is 37.8 Å². The Morgan fingerprint density at radius 2 is 1.58 bits per heavy atom. The van der Waals surface area contributed by atoms with Gasteiger partial charge in [0.05, 0.1) is 11.0 Å². The molecule has 7 rings (SSSR count). The highest BCUT2D eigenvalue weighted by Crippen LogP contribution is 2.45. The van der Waals surface area contributed by atoms with Gasteiger partial charge in [-0.2, -0.15) is 0 Å². The van der Waals surface area contributed by atoms with Crippen molar-refractivity contribution in [1.29, 1.82) is 0 Å². The first kappa shape index (κ1) is 32.4. The first-order chi connectivity index (χ1) is 23.1. The lowest BCUT2D eigenvalue weighted by atomic mass is 9.70. The second-order valence-electron chi connectivity index (χ2n) is 15.2.